The van der Waals surface area contributed by atoms with Gasteiger partial charge in [-0.15, -0.1) is 0 Å². The fraction of sp³-hybridized carbons (Fsp3) is 0.727. The Hall–Kier alpha value is -0.860. The van der Waals surface area contributed by atoms with E-state index >= 15 is 0 Å². The van der Waals surface area contributed by atoms with Crippen LogP contribution < -0.4 is 0 Å². The number of hydrogen-bond donors (Lipinski definition) is 2. The van der Waals surface area contributed by atoms with Gasteiger partial charge in [-0.3, -0.25) is 9.89 Å². The first kappa shape index (κ1) is 16.2. The van der Waals surface area contributed by atoms with Gasteiger partial charge in [0.15, 0.2) is 4.77 Å². The van der Waals surface area contributed by atoms with Gasteiger partial charge < -0.3 is 14.6 Å². The molecule has 1 aromatic heterocycles. The smallest absolute Gasteiger partial charge is 0.303 e. The van der Waals surface area contributed by atoms with Gasteiger partial charge >= 0.3 is 5.97 Å². The van der Waals surface area contributed by atoms with Crippen molar-refractivity contribution in [3.8, 4) is 0 Å². The van der Waals surface area contributed by atoms with Gasteiger partial charge in [0.2, 0.25) is 0 Å². The van der Waals surface area contributed by atoms with Crippen LogP contribution in [0.4, 0.5) is 0 Å². The van der Waals surface area contributed by atoms with Crippen LogP contribution in [-0.2, 0) is 17.8 Å². The summed E-state index contributed by atoms with van der Waals surface area (Å²) in [4.78, 5) is 12.7. The molecule has 0 aliphatic carbocycles. The topological polar surface area (TPSA) is 74.2 Å². The number of H-pyrrole nitrogens is 1. The summed E-state index contributed by atoms with van der Waals surface area (Å²) >= 11 is 7.01. The maximum atomic E-state index is 10.6. The third kappa shape index (κ3) is 6.22. The van der Waals surface area contributed by atoms with Crippen LogP contribution in [0.3, 0.4) is 0 Å². The van der Waals surface area contributed by atoms with Crippen LogP contribution in [-0.4, -0.2) is 62.9 Å². The van der Waals surface area contributed by atoms with Crippen molar-refractivity contribution in [2.45, 2.75) is 19.4 Å². The van der Waals surface area contributed by atoms with Crippen molar-refractivity contribution < 1.29 is 9.90 Å². The van der Waals surface area contributed by atoms with Gasteiger partial charge in [-0.2, -0.15) is 16.9 Å². The lowest BCUT2D eigenvalue weighted by Gasteiger charge is -2.09. The molecular weight excluding hydrogens is 284 g/mol. The second-order valence-electron chi connectivity index (χ2n) is 4.41. The number of thioether (sulfide) groups is 1. The van der Waals surface area contributed by atoms with Crippen molar-refractivity contribution in [2.75, 3.05) is 32.1 Å². The van der Waals surface area contributed by atoms with Crippen LogP contribution in [0, 0.1) is 4.77 Å². The number of carbonyl (C=O) groups is 1. The summed E-state index contributed by atoms with van der Waals surface area (Å²) in [7, 11) is 4.10. The lowest BCUT2D eigenvalue weighted by atomic mass is 10.3. The lowest BCUT2D eigenvalue weighted by molar-refractivity contribution is -0.137. The molecule has 0 aromatic carbocycles. The zero-order chi connectivity index (χ0) is 14.3. The van der Waals surface area contributed by atoms with Gasteiger partial charge in [0.05, 0.1) is 6.42 Å². The zero-order valence-electron chi connectivity index (χ0n) is 11.3. The minimum absolute atomic E-state index is 0.0768. The van der Waals surface area contributed by atoms with Crippen molar-refractivity contribution in [1.29, 1.82) is 0 Å². The molecule has 8 heteroatoms. The Kier molecular flexibility index (Phi) is 7.11. The molecule has 0 radical (unpaired) electrons. The Bertz CT molecular complexity index is 456. The van der Waals surface area contributed by atoms with Gasteiger partial charge in [0.25, 0.3) is 0 Å². The summed E-state index contributed by atoms with van der Waals surface area (Å²) in [6.07, 6.45) is 0.484. The molecular formula is C11H20N4O2S2. The fourth-order valence-electron chi connectivity index (χ4n) is 1.50. The van der Waals surface area contributed by atoms with Crippen LogP contribution in [0.15, 0.2) is 0 Å². The molecule has 1 heterocycles. The summed E-state index contributed by atoms with van der Waals surface area (Å²) in [6.45, 7) is 1.82. The predicted molar refractivity (Wildman–Crippen MR) is 79.2 cm³/mol. The average Bonchev–Trinajstić information content (AvgIpc) is 2.67. The first-order valence-corrected chi connectivity index (χ1v) is 7.65. The Morgan fingerprint density at radius 3 is 2.89 bits per heavy atom. The third-order valence-electron chi connectivity index (χ3n) is 2.54. The highest BCUT2D eigenvalue weighted by Gasteiger charge is 2.08. The Morgan fingerprint density at radius 1 is 1.53 bits per heavy atom. The number of hydrogen-bond acceptors (Lipinski definition) is 5. The van der Waals surface area contributed by atoms with E-state index in [9.17, 15) is 4.79 Å². The van der Waals surface area contributed by atoms with Crippen LogP contribution in [0.1, 0.15) is 12.2 Å². The SMILES string of the molecule is CN(C)CCSCCn1c(CCC(=O)O)n[nH]c1=S. The highest BCUT2D eigenvalue weighted by molar-refractivity contribution is 7.99. The van der Waals surface area contributed by atoms with E-state index in [1.165, 1.54) is 0 Å². The summed E-state index contributed by atoms with van der Waals surface area (Å²) < 4.78 is 2.45. The van der Waals surface area contributed by atoms with E-state index in [1.807, 2.05) is 16.3 Å². The molecule has 0 fully saturated rings. The van der Waals surface area contributed by atoms with Gasteiger partial charge in [-0.25, -0.2) is 0 Å². The minimum Gasteiger partial charge on any atom is -0.481 e. The van der Waals surface area contributed by atoms with Crippen molar-refractivity contribution in [3.05, 3.63) is 10.6 Å². The zero-order valence-corrected chi connectivity index (χ0v) is 12.9. The predicted octanol–water partition coefficient (Wildman–Crippen LogP) is 1.25. The van der Waals surface area contributed by atoms with Crippen LogP contribution in [0.25, 0.3) is 0 Å². The number of aromatic nitrogens is 3. The molecule has 0 saturated heterocycles. The number of rotatable bonds is 9. The first-order chi connectivity index (χ1) is 9.00. The minimum atomic E-state index is -0.819. The summed E-state index contributed by atoms with van der Waals surface area (Å²) in [5, 5.41) is 15.5. The molecule has 19 heavy (non-hydrogen) atoms. The standard InChI is InChI=1S/C11H20N4O2S2/c1-14(2)5-7-19-8-6-15-9(3-4-10(16)17)12-13-11(15)18/h3-8H2,1-2H3,(H,13,18)(H,16,17). The van der Waals surface area contributed by atoms with E-state index in [4.69, 9.17) is 17.3 Å². The number of carboxylic acid groups (broad SMARTS) is 1. The summed E-state index contributed by atoms with van der Waals surface area (Å²) in [5.41, 5.74) is 0. The third-order valence-corrected chi connectivity index (χ3v) is 3.80. The number of nitrogens with one attached hydrogen (secondary N) is 1. The van der Waals surface area contributed by atoms with Crippen LogP contribution in [0.5, 0.6) is 0 Å². The Labute approximate surface area is 122 Å². The largest absolute Gasteiger partial charge is 0.481 e. The normalized spacial score (nSPS) is 11.1. The van der Waals surface area contributed by atoms with E-state index in [-0.39, 0.29) is 6.42 Å². The molecule has 0 atom stereocenters. The van der Waals surface area contributed by atoms with Gasteiger partial charge in [0.1, 0.15) is 5.82 Å². The van der Waals surface area contributed by atoms with Gasteiger partial charge in [-0.1, -0.05) is 0 Å². The Morgan fingerprint density at radius 2 is 2.26 bits per heavy atom. The molecule has 0 unspecified atom stereocenters. The molecule has 6 nitrogen and oxygen atoms in total. The molecule has 0 amide bonds. The van der Waals surface area contributed by atoms with E-state index < -0.39 is 5.97 Å². The number of carboxylic acids is 1. The highest BCUT2D eigenvalue weighted by atomic mass is 32.2. The number of aliphatic carboxylic acids is 1. The number of aryl methyl sites for hydroxylation is 1. The maximum Gasteiger partial charge on any atom is 0.303 e. The molecule has 0 aliphatic rings. The van der Waals surface area contributed by atoms with E-state index in [1.54, 1.807) is 0 Å². The van der Waals surface area contributed by atoms with Crippen LogP contribution >= 0.6 is 24.0 Å². The molecule has 0 saturated carbocycles. The fourth-order valence-corrected chi connectivity index (χ4v) is 2.75. The highest BCUT2D eigenvalue weighted by Crippen LogP contribution is 2.06. The number of aromatic amines is 1. The quantitative estimate of drug-likeness (QED) is 0.528. The van der Waals surface area contributed by atoms with Crippen molar-refractivity contribution in [3.63, 3.8) is 0 Å². The molecule has 0 spiro atoms. The molecule has 0 aliphatic heterocycles. The van der Waals surface area contributed by atoms with Crippen molar-refractivity contribution >= 4 is 29.9 Å². The van der Waals surface area contributed by atoms with Crippen molar-refractivity contribution in [1.82, 2.24) is 19.7 Å². The number of nitrogens with zero attached hydrogens (tertiary/aromatic N) is 3. The van der Waals surface area contributed by atoms with E-state index in [0.29, 0.717) is 11.2 Å². The first-order valence-electron chi connectivity index (χ1n) is 6.09. The van der Waals surface area contributed by atoms with Crippen molar-refractivity contribution in [2.24, 2.45) is 0 Å². The van der Waals surface area contributed by atoms with Crippen LogP contribution in [0.2, 0.25) is 0 Å². The molecule has 0 bridgehead atoms. The molecule has 108 valence electrons. The molecule has 2 N–H and O–H groups in total. The van der Waals surface area contributed by atoms with Gasteiger partial charge in [0, 0.05) is 31.0 Å². The summed E-state index contributed by atoms with van der Waals surface area (Å²) in [6, 6.07) is 0. The molecule has 1 aromatic rings. The Balaban J connectivity index is 2.41. The van der Waals surface area contributed by atoms with E-state index in [2.05, 4.69) is 29.2 Å². The average molecular weight is 304 g/mol. The monoisotopic (exact) mass is 304 g/mol. The lowest BCUT2D eigenvalue weighted by Crippen LogP contribution is -2.15. The van der Waals surface area contributed by atoms with E-state index in [0.717, 1.165) is 30.4 Å². The maximum absolute atomic E-state index is 10.6. The second-order valence-corrected chi connectivity index (χ2v) is 6.02. The summed E-state index contributed by atoms with van der Waals surface area (Å²) in [5.74, 6) is 1.92. The van der Waals surface area contributed by atoms with Gasteiger partial charge in [-0.05, 0) is 26.3 Å². The molecule has 1 rings (SSSR count). The second kappa shape index (κ2) is 8.34.